The number of aliphatic imine (C=N–C) groups is 1. The fourth-order valence-electron chi connectivity index (χ4n) is 2.69. The van der Waals surface area contributed by atoms with Crippen molar-refractivity contribution in [3.63, 3.8) is 0 Å². The van der Waals surface area contributed by atoms with Gasteiger partial charge in [0.15, 0.2) is 5.96 Å². The van der Waals surface area contributed by atoms with Crippen LogP contribution >= 0.6 is 35.3 Å². The van der Waals surface area contributed by atoms with Gasteiger partial charge in [0.25, 0.3) is 0 Å². The predicted molar refractivity (Wildman–Crippen MR) is 130 cm³/mol. The topological polar surface area (TPSA) is 56.7 Å². The quantitative estimate of drug-likeness (QED) is 0.302. The summed E-state index contributed by atoms with van der Waals surface area (Å²) in [7, 11) is 0. The number of nitrogens with one attached hydrogen (secondary N) is 2. The lowest BCUT2D eigenvalue weighted by atomic mass is 10.1. The molecule has 7 heteroatoms. The van der Waals surface area contributed by atoms with E-state index in [0.29, 0.717) is 25.0 Å². The molecular formula is C21H31IN4OS. The summed E-state index contributed by atoms with van der Waals surface area (Å²) >= 11 is 1.71. The van der Waals surface area contributed by atoms with E-state index in [1.54, 1.807) is 11.3 Å². The maximum atomic E-state index is 12.6. The molecule has 0 spiro atoms. The standard InChI is InChI=1S/C21H30N4OS.HI/c1-4-22-21(23-13-17(3)19-11-12-27-16-19)24-14-20(26)25(5-2)15-18-9-7-6-8-10-18;/h6-12,16-17H,4-5,13-15H2,1-3H3,(H2,22,23,24);1H. The Kier molecular flexibility index (Phi) is 11.8. The SMILES string of the molecule is CCNC(=NCC(=O)N(CC)Cc1ccccc1)NCC(C)c1ccsc1.I. The van der Waals surface area contributed by atoms with E-state index >= 15 is 0 Å². The van der Waals surface area contributed by atoms with E-state index in [1.807, 2.05) is 49.1 Å². The Balaban J connectivity index is 0.00000392. The zero-order valence-corrected chi connectivity index (χ0v) is 20.0. The highest BCUT2D eigenvalue weighted by Gasteiger charge is 2.12. The van der Waals surface area contributed by atoms with E-state index in [1.165, 1.54) is 5.56 Å². The highest BCUT2D eigenvalue weighted by atomic mass is 127. The van der Waals surface area contributed by atoms with Crippen LogP contribution in [0.25, 0.3) is 0 Å². The Bertz CT molecular complexity index is 706. The third-order valence-electron chi connectivity index (χ3n) is 4.36. The molecule has 0 radical (unpaired) electrons. The molecule has 1 amide bonds. The van der Waals surface area contributed by atoms with Crippen molar-refractivity contribution < 1.29 is 4.79 Å². The third-order valence-corrected chi connectivity index (χ3v) is 5.06. The molecule has 0 saturated carbocycles. The van der Waals surface area contributed by atoms with Crippen LogP contribution in [-0.2, 0) is 11.3 Å². The van der Waals surface area contributed by atoms with Gasteiger partial charge in [-0.1, -0.05) is 37.3 Å². The minimum absolute atomic E-state index is 0. The van der Waals surface area contributed by atoms with Crippen LogP contribution in [0, 0.1) is 0 Å². The van der Waals surface area contributed by atoms with Crippen molar-refractivity contribution in [2.45, 2.75) is 33.2 Å². The lowest BCUT2D eigenvalue weighted by Crippen LogP contribution is -2.40. The number of hydrogen-bond acceptors (Lipinski definition) is 3. The first kappa shape index (κ1) is 24.4. The molecule has 154 valence electrons. The van der Waals surface area contributed by atoms with Gasteiger partial charge in [0.1, 0.15) is 6.54 Å². The highest BCUT2D eigenvalue weighted by molar-refractivity contribution is 14.0. The normalized spacial score (nSPS) is 12.0. The van der Waals surface area contributed by atoms with E-state index in [2.05, 4.69) is 39.4 Å². The summed E-state index contributed by atoms with van der Waals surface area (Å²) < 4.78 is 0. The minimum Gasteiger partial charge on any atom is -0.357 e. The molecule has 1 aromatic carbocycles. The highest BCUT2D eigenvalue weighted by Crippen LogP contribution is 2.16. The van der Waals surface area contributed by atoms with Crippen LogP contribution in [0.15, 0.2) is 52.2 Å². The van der Waals surface area contributed by atoms with E-state index in [9.17, 15) is 4.79 Å². The number of halogens is 1. The number of guanidine groups is 1. The molecule has 1 atom stereocenters. The maximum absolute atomic E-state index is 12.6. The van der Waals surface area contributed by atoms with Crippen LogP contribution in [0.1, 0.15) is 37.8 Å². The summed E-state index contributed by atoms with van der Waals surface area (Å²) in [6.45, 7) is 9.16. The van der Waals surface area contributed by atoms with Gasteiger partial charge in [0.05, 0.1) is 0 Å². The van der Waals surface area contributed by atoms with Crippen molar-refractivity contribution in [3.05, 3.63) is 58.3 Å². The third kappa shape index (κ3) is 8.18. The van der Waals surface area contributed by atoms with Crippen molar-refractivity contribution in [2.24, 2.45) is 4.99 Å². The van der Waals surface area contributed by atoms with Crippen LogP contribution in [0.2, 0.25) is 0 Å². The lowest BCUT2D eigenvalue weighted by molar-refractivity contribution is -0.130. The molecule has 1 heterocycles. The molecule has 2 rings (SSSR count). The van der Waals surface area contributed by atoms with Gasteiger partial charge in [-0.2, -0.15) is 11.3 Å². The number of amides is 1. The fraction of sp³-hybridized carbons (Fsp3) is 0.429. The molecular weight excluding hydrogens is 483 g/mol. The second-order valence-corrected chi connectivity index (χ2v) is 7.21. The monoisotopic (exact) mass is 514 g/mol. The summed E-state index contributed by atoms with van der Waals surface area (Å²) in [6.07, 6.45) is 0. The number of hydrogen-bond donors (Lipinski definition) is 2. The average molecular weight is 514 g/mol. The van der Waals surface area contributed by atoms with Crippen molar-refractivity contribution in [3.8, 4) is 0 Å². The molecule has 2 N–H and O–H groups in total. The number of thiophene rings is 1. The van der Waals surface area contributed by atoms with Crippen LogP contribution < -0.4 is 10.6 Å². The molecule has 0 saturated heterocycles. The number of benzene rings is 1. The summed E-state index contributed by atoms with van der Waals surface area (Å²) in [5, 5.41) is 10.8. The first-order valence-electron chi connectivity index (χ1n) is 9.50. The number of rotatable bonds is 9. The first-order valence-corrected chi connectivity index (χ1v) is 10.4. The maximum Gasteiger partial charge on any atom is 0.244 e. The van der Waals surface area contributed by atoms with Gasteiger partial charge in [-0.25, -0.2) is 4.99 Å². The summed E-state index contributed by atoms with van der Waals surface area (Å²) in [5.74, 6) is 1.11. The van der Waals surface area contributed by atoms with Crippen LogP contribution in [0.4, 0.5) is 0 Å². The van der Waals surface area contributed by atoms with E-state index < -0.39 is 0 Å². The Labute approximate surface area is 189 Å². The summed E-state index contributed by atoms with van der Waals surface area (Å²) in [6, 6.07) is 12.2. The average Bonchev–Trinajstić information content (AvgIpc) is 3.23. The fourth-order valence-corrected chi connectivity index (χ4v) is 3.47. The molecule has 0 aliphatic carbocycles. The van der Waals surface area contributed by atoms with E-state index in [0.717, 1.165) is 18.7 Å². The first-order chi connectivity index (χ1) is 13.1. The zero-order valence-electron chi connectivity index (χ0n) is 16.9. The summed E-state index contributed by atoms with van der Waals surface area (Å²) in [5.41, 5.74) is 2.45. The largest absolute Gasteiger partial charge is 0.357 e. The minimum atomic E-state index is 0. The number of carbonyl (C=O) groups excluding carboxylic acids is 1. The Morgan fingerprint density at radius 1 is 1.18 bits per heavy atom. The predicted octanol–water partition coefficient (Wildman–Crippen LogP) is 4.07. The van der Waals surface area contributed by atoms with Crippen molar-refractivity contribution >= 4 is 47.2 Å². The van der Waals surface area contributed by atoms with Crippen molar-refractivity contribution in [2.75, 3.05) is 26.2 Å². The van der Waals surface area contributed by atoms with Crippen LogP contribution in [0.5, 0.6) is 0 Å². The van der Waals surface area contributed by atoms with Gasteiger partial charge in [0, 0.05) is 26.2 Å². The van der Waals surface area contributed by atoms with Crippen LogP contribution in [-0.4, -0.2) is 42.9 Å². The smallest absolute Gasteiger partial charge is 0.244 e. The molecule has 28 heavy (non-hydrogen) atoms. The van der Waals surface area contributed by atoms with Crippen molar-refractivity contribution in [1.82, 2.24) is 15.5 Å². The van der Waals surface area contributed by atoms with Gasteiger partial charge in [0.2, 0.25) is 5.91 Å². The summed E-state index contributed by atoms with van der Waals surface area (Å²) in [4.78, 5) is 18.9. The molecule has 1 aromatic heterocycles. The number of carbonyl (C=O) groups is 1. The Hall–Kier alpha value is -1.61. The van der Waals surface area contributed by atoms with Gasteiger partial charge in [-0.15, -0.1) is 24.0 Å². The Morgan fingerprint density at radius 2 is 1.93 bits per heavy atom. The van der Waals surface area contributed by atoms with Gasteiger partial charge >= 0.3 is 0 Å². The molecule has 0 bridgehead atoms. The molecule has 0 aliphatic heterocycles. The second kappa shape index (κ2) is 13.5. The van der Waals surface area contributed by atoms with Gasteiger partial charge in [-0.3, -0.25) is 4.79 Å². The van der Waals surface area contributed by atoms with Gasteiger partial charge < -0.3 is 15.5 Å². The molecule has 2 aromatic rings. The number of nitrogens with zero attached hydrogens (tertiary/aromatic N) is 2. The lowest BCUT2D eigenvalue weighted by Gasteiger charge is -2.21. The van der Waals surface area contributed by atoms with Crippen molar-refractivity contribution in [1.29, 1.82) is 0 Å². The van der Waals surface area contributed by atoms with E-state index in [-0.39, 0.29) is 36.4 Å². The van der Waals surface area contributed by atoms with E-state index in [4.69, 9.17) is 0 Å². The molecule has 5 nitrogen and oxygen atoms in total. The second-order valence-electron chi connectivity index (χ2n) is 6.43. The zero-order chi connectivity index (χ0) is 19.5. The Morgan fingerprint density at radius 3 is 2.54 bits per heavy atom. The van der Waals surface area contributed by atoms with Gasteiger partial charge in [-0.05, 0) is 47.7 Å². The van der Waals surface area contributed by atoms with Crippen LogP contribution in [0.3, 0.4) is 0 Å². The number of likely N-dealkylation sites (N-methyl/N-ethyl adjacent to an activating group) is 1. The molecule has 0 fully saturated rings. The molecule has 0 aliphatic rings. The molecule has 1 unspecified atom stereocenters.